The predicted molar refractivity (Wildman–Crippen MR) is 228 cm³/mol. The van der Waals surface area contributed by atoms with E-state index in [0.29, 0.717) is 58.5 Å². The fraction of sp³-hybridized carbons (Fsp3) is 0.538. The number of hydrogen-bond donors (Lipinski definition) is 1. The minimum atomic E-state index is -5.34. The standard InChI is InChI=1S/C19H26ClN3O5.C18H24ClN3O5.C2H3F3O3S/c1-19(2,3)23-18(24)17(20)15(12-22-23)28-13-14-5-6-16(21-11-14)27-10-9-26-8-7-25-4;1-18(2,3)22-17(24)16(19)14(11-21-22)27-12-13-4-5-15(20-10-13)26-9-8-25-7-6-23;1-8-9(6,7)2(3,4)5/h5-6,11-12H,7-10,13H2,1-4H3;4-5,10-11,23H,6-9,12H2,1-3H3;1H3/i4-1;;1-1. The Bertz CT molecular complexity index is 2240. The van der Waals surface area contributed by atoms with Gasteiger partial charge in [-0.3, -0.25) is 13.8 Å². The van der Waals surface area contributed by atoms with Crippen molar-refractivity contribution in [3.05, 3.63) is 90.9 Å². The van der Waals surface area contributed by atoms with E-state index in [1.807, 2.05) is 47.6 Å². The lowest BCUT2D eigenvalue weighted by Gasteiger charge is -2.21. The summed E-state index contributed by atoms with van der Waals surface area (Å²) in [6, 6.07) is 7.08. The third kappa shape index (κ3) is 18.8. The van der Waals surface area contributed by atoms with Gasteiger partial charge in [-0.15, -0.1) is 0 Å². The average Bonchev–Trinajstić information content (AvgIpc) is 3.23. The van der Waals surface area contributed by atoms with Gasteiger partial charge >= 0.3 is 15.6 Å². The molecule has 358 valence electrons. The number of hydrogen-bond acceptors (Lipinski definition) is 17. The molecule has 0 fully saturated rings. The molecule has 0 unspecified atom stereocenters. The van der Waals surface area contributed by atoms with Gasteiger partial charge in [0.1, 0.15) is 26.4 Å². The number of pyridine rings is 2. The van der Waals surface area contributed by atoms with E-state index in [2.05, 4.69) is 24.3 Å². The minimum absolute atomic E-state index is 0.00397. The Morgan fingerprint density at radius 3 is 1.34 bits per heavy atom. The first-order chi connectivity index (χ1) is 30.0. The summed E-state index contributed by atoms with van der Waals surface area (Å²) in [5.74, 6) is 1.41. The van der Waals surface area contributed by atoms with E-state index in [0.717, 1.165) is 11.1 Å². The summed E-state index contributed by atoms with van der Waals surface area (Å²) in [4.78, 5) is 33.0. The Morgan fingerprint density at radius 1 is 0.625 bits per heavy atom. The molecule has 0 aliphatic rings. The molecule has 1 N–H and O–H groups in total. The molecular weight excluding hydrogens is 918 g/mol. The van der Waals surface area contributed by atoms with Crippen molar-refractivity contribution in [2.45, 2.75) is 71.3 Å². The predicted octanol–water partition coefficient (Wildman–Crippen LogP) is 5.16. The van der Waals surface area contributed by atoms with Crippen LogP contribution in [0.1, 0.15) is 52.7 Å². The summed E-state index contributed by atoms with van der Waals surface area (Å²) in [7, 11) is -3.26. The van der Waals surface area contributed by atoms with Gasteiger partial charge in [0.05, 0.1) is 70.2 Å². The van der Waals surface area contributed by atoms with Crippen LogP contribution in [0.5, 0.6) is 23.3 Å². The summed E-state index contributed by atoms with van der Waals surface area (Å²) < 4.78 is 95.9. The number of aliphatic hydroxyl groups excluding tert-OH is 1. The van der Waals surface area contributed by atoms with Crippen LogP contribution in [0, 0.1) is 0 Å². The molecule has 4 heterocycles. The second kappa shape index (κ2) is 26.4. The smallest absolute Gasteiger partial charge is 0.485 e. The number of ether oxygens (including phenoxy) is 7. The SMILES string of the molecule is CC(C)(C)n1ncc(OCc2ccc(OCCOCCO)nc2)c(Cl)c1=O.CC(C)(C)n1ncc(OCc2ccc(OCCOCCO[11CH3])nc2)c(Cl)c1=O.[11CH3]OS(=O)(=O)C(F)(F)F. The van der Waals surface area contributed by atoms with E-state index < -0.39 is 32.3 Å². The van der Waals surface area contributed by atoms with Crippen LogP contribution in [0.2, 0.25) is 10.0 Å². The molecule has 0 radical (unpaired) electrons. The van der Waals surface area contributed by atoms with Gasteiger partial charge in [0.25, 0.3) is 11.1 Å². The summed E-state index contributed by atoms with van der Waals surface area (Å²) in [5.41, 5.74) is -5.43. The fourth-order valence-corrected chi connectivity index (χ4v) is 4.95. The normalized spacial score (nSPS) is 11.8. The maximum Gasteiger partial charge on any atom is 0.523 e. The molecule has 19 nitrogen and oxygen atoms in total. The second-order valence-corrected chi connectivity index (χ2v) is 17.2. The lowest BCUT2D eigenvalue weighted by molar-refractivity contribution is -0.0526. The molecule has 0 aromatic carbocycles. The summed E-state index contributed by atoms with van der Waals surface area (Å²) in [5, 5.41) is 16.9. The molecule has 64 heavy (non-hydrogen) atoms. The third-order valence-corrected chi connectivity index (χ3v) is 9.26. The highest BCUT2D eigenvalue weighted by Crippen LogP contribution is 2.25. The number of rotatable bonds is 20. The van der Waals surface area contributed by atoms with Crippen LogP contribution in [-0.2, 0) is 52.8 Å². The van der Waals surface area contributed by atoms with E-state index >= 15 is 0 Å². The van der Waals surface area contributed by atoms with Crippen LogP contribution in [0.4, 0.5) is 13.2 Å². The van der Waals surface area contributed by atoms with Crippen molar-refractivity contribution in [1.82, 2.24) is 29.5 Å². The number of aliphatic hydroxyl groups is 1. The molecule has 0 saturated carbocycles. The molecule has 4 rings (SSSR count). The highest BCUT2D eigenvalue weighted by molar-refractivity contribution is 7.87. The molecule has 0 aliphatic heterocycles. The summed E-state index contributed by atoms with van der Waals surface area (Å²) in [6.45, 7) is 14.5. The van der Waals surface area contributed by atoms with Crippen LogP contribution in [-0.4, -0.2) is 116 Å². The Balaban J connectivity index is 0.000000370. The van der Waals surface area contributed by atoms with Crippen molar-refractivity contribution in [3.63, 3.8) is 0 Å². The molecule has 0 saturated heterocycles. The van der Waals surface area contributed by atoms with Crippen molar-refractivity contribution in [2.24, 2.45) is 0 Å². The molecule has 0 bridgehead atoms. The van der Waals surface area contributed by atoms with Crippen molar-refractivity contribution in [3.8, 4) is 23.3 Å². The number of halogens is 5. The largest absolute Gasteiger partial charge is 0.523 e. The van der Waals surface area contributed by atoms with E-state index in [9.17, 15) is 31.2 Å². The molecule has 0 atom stereocenters. The fourth-order valence-electron chi connectivity index (χ4n) is 4.39. The Labute approximate surface area is 378 Å². The third-order valence-electron chi connectivity index (χ3n) is 7.55. The monoisotopic (exact) mass is 970 g/mol. The topological polar surface area (TPSA) is 224 Å². The van der Waals surface area contributed by atoms with E-state index in [4.69, 9.17) is 61.5 Å². The second-order valence-electron chi connectivity index (χ2n) is 14.7. The van der Waals surface area contributed by atoms with Crippen LogP contribution in [0.3, 0.4) is 0 Å². The van der Waals surface area contributed by atoms with Gasteiger partial charge in [-0.05, 0) is 53.7 Å². The zero-order valence-electron chi connectivity index (χ0n) is 36.5. The van der Waals surface area contributed by atoms with Crippen molar-refractivity contribution < 1.29 is 64.0 Å². The molecular formula is C39H53Cl2F3N6O13S. The molecule has 4 aromatic rings. The summed E-state index contributed by atoms with van der Waals surface area (Å²) in [6.07, 6.45) is 6.14. The van der Waals surface area contributed by atoms with Crippen LogP contribution in [0.25, 0.3) is 0 Å². The highest BCUT2D eigenvalue weighted by atomic mass is 35.5. The van der Waals surface area contributed by atoms with E-state index in [-0.39, 0.29) is 53.5 Å². The molecule has 0 spiro atoms. The van der Waals surface area contributed by atoms with Gasteiger partial charge in [-0.1, -0.05) is 23.2 Å². The van der Waals surface area contributed by atoms with Crippen LogP contribution < -0.4 is 30.1 Å². The van der Waals surface area contributed by atoms with Crippen LogP contribution in [0.15, 0.2) is 58.6 Å². The first-order valence-electron chi connectivity index (χ1n) is 19.1. The average molecular weight is 972 g/mol. The number of methoxy groups -OCH3 is 1. The molecule has 25 heteroatoms. The van der Waals surface area contributed by atoms with Gasteiger partial charge in [-0.2, -0.15) is 31.8 Å². The van der Waals surface area contributed by atoms with Gasteiger partial charge in [0.15, 0.2) is 21.5 Å². The van der Waals surface area contributed by atoms with Gasteiger partial charge in [0, 0.05) is 42.8 Å². The Hall–Kier alpha value is -4.62. The molecule has 4 aromatic heterocycles. The lowest BCUT2D eigenvalue weighted by atomic mass is 10.1. The van der Waals surface area contributed by atoms with E-state index in [1.54, 1.807) is 37.7 Å². The van der Waals surface area contributed by atoms with Crippen molar-refractivity contribution >= 4 is 33.3 Å². The number of aromatic nitrogens is 6. The van der Waals surface area contributed by atoms with Gasteiger partial charge < -0.3 is 38.3 Å². The zero-order valence-corrected chi connectivity index (χ0v) is 38.8. The van der Waals surface area contributed by atoms with Crippen LogP contribution >= 0.6 is 23.2 Å². The molecule has 0 aliphatic carbocycles. The number of nitrogens with zero attached hydrogens (tertiary/aromatic N) is 6. The van der Waals surface area contributed by atoms with Crippen molar-refractivity contribution in [1.29, 1.82) is 0 Å². The minimum Gasteiger partial charge on any atom is -0.485 e. The quantitative estimate of drug-likeness (QED) is 0.0686. The first kappa shape index (κ1) is 55.5. The van der Waals surface area contributed by atoms with Crippen molar-refractivity contribution in [2.75, 3.05) is 67.1 Å². The first-order valence-corrected chi connectivity index (χ1v) is 21.2. The Morgan fingerprint density at radius 2 is 1.03 bits per heavy atom. The number of alkyl halides is 3. The maximum atomic E-state index is 12.3. The van der Waals surface area contributed by atoms with Gasteiger partial charge in [0.2, 0.25) is 11.8 Å². The van der Waals surface area contributed by atoms with E-state index in [1.165, 1.54) is 21.8 Å². The lowest BCUT2D eigenvalue weighted by Crippen LogP contribution is -2.36. The maximum absolute atomic E-state index is 12.3. The van der Waals surface area contributed by atoms with Gasteiger partial charge in [-0.25, -0.2) is 19.3 Å². The molecule has 0 amide bonds. The highest BCUT2D eigenvalue weighted by Gasteiger charge is 2.46. The Kier molecular flexibility index (Phi) is 22.9. The summed E-state index contributed by atoms with van der Waals surface area (Å²) >= 11 is 12.3. The zero-order chi connectivity index (χ0) is 48.1.